The third-order valence-electron chi connectivity index (χ3n) is 6.68. The number of hydrogen-bond donors (Lipinski definition) is 1. The van der Waals surface area contributed by atoms with Gasteiger partial charge in [-0.25, -0.2) is 9.18 Å². The Kier molecular flexibility index (Phi) is 9.41. The van der Waals surface area contributed by atoms with Crippen molar-refractivity contribution in [2.24, 2.45) is 5.92 Å². The van der Waals surface area contributed by atoms with Crippen LogP contribution in [0.1, 0.15) is 38.3 Å². The van der Waals surface area contributed by atoms with Crippen molar-refractivity contribution in [2.75, 3.05) is 44.1 Å². The van der Waals surface area contributed by atoms with E-state index in [0.29, 0.717) is 42.9 Å². The number of carbonyl (C=O) groups is 3. The summed E-state index contributed by atoms with van der Waals surface area (Å²) < 4.78 is 25.3. The Hall–Kier alpha value is -3.46. The lowest BCUT2D eigenvalue weighted by Crippen LogP contribution is -2.59. The van der Waals surface area contributed by atoms with E-state index in [2.05, 4.69) is 5.32 Å². The van der Waals surface area contributed by atoms with Crippen LogP contribution in [0.2, 0.25) is 0 Å². The number of nitrogens with zero attached hydrogens (tertiary/aromatic N) is 2. The maximum atomic E-state index is 15.2. The van der Waals surface area contributed by atoms with Crippen molar-refractivity contribution in [2.45, 2.75) is 38.8 Å². The van der Waals surface area contributed by atoms with E-state index in [4.69, 9.17) is 9.47 Å². The van der Waals surface area contributed by atoms with E-state index >= 15 is 4.39 Å². The average Bonchev–Trinajstić information content (AvgIpc) is 2.90. The third-order valence-corrected chi connectivity index (χ3v) is 6.68. The molecular formula is C27H34FN3O5. The van der Waals surface area contributed by atoms with Crippen molar-refractivity contribution in [1.82, 2.24) is 4.90 Å². The zero-order valence-corrected chi connectivity index (χ0v) is 21.2. The van der Waals surface area contributed by atoms with Gasteiger partial charge in [-0.15, -0.1) is 0 Å². The number of benzene rings is 2. The zero-order valence-electron chi connectivity index (χ0n) is 21.2. The van der Waals surface area contributed by atoms with E-state index in [-0.39, 0.29) is 18.4 Å². The van der Waals surface area contributed by atoms with Crippen LogP contribution in [-0.2, 0) is 23.9 Å². The highest BCUT2D eigenvalue weighted by atomic mass is 19.1. The molecule has 2 unspecified atom stereocenters. The SMILES string of the molecule is CCC(CC)C(=O)Nc1ccc(N2CCN(C(C(=O)OC)c3ccccc3)C(C(=O)OC)C2)c(F)c1. The van der Waals surface area contributed by atoms with E-state index in [9.17, 15) is 14.4 Å². The van der Waals surface area contributed by atoms with Crippen LogP contribution in [0.25, 0.3) is 0 Å². The van der Waals surface area contributed by atoms with Crippen LogP contribution in [0.15, 0.2) is 48.5 Å². The molecule has 36 heavy (non-hydrogen) atoms. The fourth-order valence-electron chi connectivity index (χ4n) is 4.63. The summed E-state index contributed by atoms with van der Waals surface area (Å²) in [5.74, 6) is -1.80. The van der Waals surface area contributed by atoms with Crippen LogP contribution in [0.3, 0.4) is 0 Å². The first-order valence-corrected chi connectivity index (χ1v) is 12.2. The van der Waals surface area contributed by atoms with Gasteiger partial charge in [0.1, 0.15) is 17.9 Å². The highest BCUT2D eigenvalue weighted by molar-refractivity contribution is 5.92. The number of methoxy groups -OCH3 is 2. The topological polar surface area (TPSA) is 88.2 Å². The van der Waals surface area contributed by atoms with Gasteiger partial charge in [-0.3, -0.25) is 14.5 Å². The lowest BCUT2D eigenvalue weighted by Gasteiger charge is -2.43. The van der Waals surface area contributed by atoms with Crippen molar-refractivity contribution >= 4 is 29.2 Å². The Morgan fingerprint density at radius 1 is 1.03 bits per heavy atom. The number of anilines is 2. The summed E-state index contributed by atoms with van der Waals surface area (Å²) in [6.45, 7) is 4.66. The van der Waals surface area contributed by atoms with Crippen molar-refractivity contribution < 1.29 is 28.2 Å². The number of piperazine rings is 1. The van der Waals surface area contributed by atoms with Gasteiger partial charge in [0.25, 0.3) is 0 Å². The first kappa shape index (κ1) is 27.1. The number of rotatable bonds is 9. The van der Waals surface area contributed by atoms with Crippen LogP contribution < -0.4 is 10.2 Å². The van der Waals surface area contributed by atoms with Crippen molar-refractivity contribution in [3.8, 4) is 0 Å². The van der Waals surface area contributed by atoms with Crippen LogP contribution in [0, 0.1) is 11.7 Å². The molecule has 9 heteroatoms. The summed E-state index contributed by atoms with van der Waals surface area (Å²) in [6, 6.07) is 12.0. The predicted octanol–water partition coefficient (Wildman–Crippen LogP) is 3.78. The van der Waals surface area contributed by atoms with Gasteiger partial charge in [-0.05, 0) is 36.6 Å². The quantitative estimate of drug-likeness (QED) is 0.526. The average molecular weight is 500 g/mol. The summed E-state index contributed by atoms with van der Waals surface area (Å²) in [7, 11) is 2.59. The summed E-state index contributed by atoms with van der Waals surface area (Å²) in [5.41, 5.74) is 1.37. The molecule has 1 aliphatic rings. The highest BCUT2D eigenvalue weighted by Gasteiger charge is 2.41. The van der Waals surface area contributed by atoms with Crippen molar-refractivity contribution in [3.63, 3.8) is 0 Å². The molecule has 1 heterocycles. The molecule has 0 radical (unpaired) electrons. The van der Waals surface area contributed by atoms with Crippen molar-refractivity contribution in [3.05, 3.63) is 59.9 Å². The minimum Gasteiger partial charge on any atom is -0.468 e. The Morgan fingerprint density at radius 3 is 2.31 bits per heavy atom. The molecule has 1 aliphatic heterocycles. The van der Waals surface area contributed by atoms with E-state index in [1.54, 1.807) is 34.1 Å². The van der Waals surface area contributed by atoms with Gasteiger partial charge in [0.2, 0.25) is 5.91 Å². The van der Waals surface area contributed by atoms with E-state index in [1.807, 2.05) is 32.0 Å². The Bertz CT molecular complexity index is 1060. The van der Waals surface area contributed by atoms with Crippen LogP contribution in [0.5, 0.6) is 0 Å². The molecule has 0 aliphatic carbocycles. The molecular weight excluding hydrogens is 465 g/mol. The van der Waals surface area contributed by atoms with Gasteiger partial charge < -0.3 is 19.7 Å². The molecule has 0 spiro atoms. The molecule has 2 aromatic rings. The summed E-state index contributed by atoms with van der Waals surface area (Å²) in [5, 5.41) is 2.78. The largest absolute Gasteiger partial charge is 0.468 e. The number of esters is 2. The molecule has 8 nitrogen and oxygen atoms in total. The molecule has 2 aromatic carbocycles. The smallest absolute Gasteiger partial charge is 0.327 e. The molecule has 0 saturated carbocycles. The van der Waals surface area contributed by atoms with Gasteiger partial charge >= 0.3 is 11.9 Å². The third kappa shape index (κ3) is 6.02. The lowest BCUT2D eigenvalue weighted by atomic mass is 10.0. The summed E-state index contributed by atoms with van der Waals surface area (Å²) >= 11 is 0. The number of carbonyl (C=O) groups excluding carboxylic acids is 3. The van der Waals surface area contributed by atoms with Gasteiger partial charge in [-0.1, -0.05) is 44.2 Å². The van der Waals surface area contributed by atoms with Crippen LogP contribution >= 0.6 is 0 Å². The molecule has 1 fully saturated rings. The van der Waals surface area contributed by atoms with E-state index in [0.717, 1.165) is 0 Å². The standard InChI is InChI=1S/C27H34FN3O5/c1-5-18(6-2)25(32)29-20-12-13-22(21(28)16-20)30-14-15-31(23(17-30)26(33)35-3)24(27(34)36-4)19-10-8-7-9-11-19/h7-13,16,18,23-24H,5-6,14-15,17H2,1-4H3,(H,29,32). The maximum absolute atomic E-state index is 15.2. The molecule has 2 atom stereocenters. The molecule has 194 valence electrons. The van der Waals surface area contributed by atoms with Crippen LogP contribution in [0.4, 0.5) is 15.8 Å². The number of hydrogen-bond acceptors (Lipinski definition) is 7. The predicted molar refractivity (Wildman–Crippen MR) is 135 cm³/mol. The fourth-order valence-corrected chi connectivity index (χ4v) is 4.63. The zero-order chi connectivity index (χ0) is 26.2. The molecule has 1 amide bonds. The minimum atomic E-state index is -0.832. The van der Waals surface area contributed by atoms with Gasteiger partial charge in [-0.2, -0.15) is 0 Å². The minimum absolute atomic E-state index is 0.114. The first-order chi connectivity index (χ1) is 17.3. The summed E-state index contributed by atoms with van der Waals surface area (Å²) in [4.78, 5) is 41.4. The molecule has 0 aromatic heterocycles. The second-order valence-electron chi connectivity index (χ2n) is 8.73. The number of ether oxygens (including phenoxy) is 2. The maximum Gasteiger partial charge on any atom is 0.327 e. The molecule has 3 rings (SSSR count). The highest BCUT2D eigenvalue weighted by Crippen LogP contribution is 2.31. The van der Waals surface area contributed by atoms with Crippen molar-refractivity contribution in [1.29, 1.82) is 0 Å². The normalized spacial score (nSPS) is 16.9. The lowest BCUT2D eigenvalue weighted by molar-refractivity contribution is -0.155. The first-order valence-electron chi connectivity index (χ1n) is 12.2. The van der Waals surface area contributed by atoms with Gasteiger partial charge in [0, 0.05) is 31.2 Å². The number of nitrogens with one attached hydrogen (secondary N) is 1. The second kappa shape index (κ2) is 12.5. The molecule has 1 saturated heterocycles. The Labute approximate surface area is 211 Å². The van der Waals surface area contributed by atoms with Gasteiger partial charge in [0.05, 0.1) is 19.9 Å². The molecule has 0 bridgehead atoms. The second-order valence-corrected chi connectivity index (χ2v) is 8.73. The Balaban J connectivity index is 1.84. The fraction of sp³-hybridized carbons (Fsp3) is 0.444. The van der Waals surface area contributed by atoms with E-state index < -0.39 is 29.8 Å². The monoisotopic (exact) mass is 499 g/mol. The summed E-state index contributed by atoms with van der Waals surface area (Å²) in [6.07, 6.45) is 1.41. The van der Waals surface area contributed by atoms with Crippen LogP contribution in [-0.4, -0.2) is 62.6 Å². The number of amides is 1. The van der Waals surface area contributed by atoms with E-state index in [1.165, 1.54) is 20.3 Å². The molecule has 1 N–H and O–H groups in total. The Morgan fingerprint density at radius 2 is 1.72 bits per heavy atom. The van der Waals surface area contributed by atoms with Gasteiger partial charge in [0.15, 0.2) is 0 Å². The number of halogens is 1.